The highest BCUT2D eigenvalue weighted by atomic mass is 14.2. The topological polar surface area (TPSA) is 0 Å². The second kappa shape index (κ2) is 10.3. The summed E-state index contributed by atoms with van der Waals surface area (Å²) in [7, 11) is 1.83. The maximum atomic E-state index is 2.50. The normalized spacial score (nSPS) is 13.6. The number of hydrogen-bond acceptors (Lipinski definition) is 0. The van der Waals surface area contributed by atoms with E-state index in [4.69, 9.17) is 0 Å². The number of hydrogen-bond donors (Lipinski definition) is 0. The van der Waals surface area contributed by atoms with E-state index in [1.807, 2.05) is 0 Å². The Morgan fingerprint density at radius 3 is 0.667 bits per heavy atom. The molecule has 1 aliphatic heterocycles. The molecule has 0 amide bonds. The van der Waals surface area contributed by atoms with Crippen LogP contribution in [0.3, 0.4) is 0 Å². The zero-order valence-electron chi connectivity index (χ0n) is 28.3. The first-order valence-electron chi connectivity index (χ1n) is 15.9. The van der Waals surface area contributed by atoms with Crippen LogP contribution in [-0.4, -0.2) is 14.6 Å². The van der Waals surface area contributed by atoms with E-state index in [1.54, 1.807) is 0 Å². The fourth-order valence-electron chi connectivity index (χ4n) is 6.29. The molecule has 1 aliphatic rings. The Hall–Kier alpha value is -2.99. The van der Waals surface area contributed by atoms with Gasteiger partial charge in [-0.05, 0) is 66.2 Å². The minimum atomic E-state index is 0.0926. The predicted octanol–water partition coefficient (Wildman–Crippen LogP) is 7.30. The summed E-state index contributed by atoms with van der Waals surface area (Å²) >= 11 is 0. The summed E-state index contributed by atoms with van der Waals surface area (Å²) in [4.78, 5) is 0. The zero-order chi connectivity index (χ0) is 30.8. The molecular formula is C40H50B2. The molecule has 4 aromatic rings. The molecule has 0 saturated carbocycles. The standard InChI is InChI=1S/C40H50B2/c1-37(2,3)25-13-17-29-30-18-14-27(39(7,8)9)23-35(30)42-36-24-28(40(10,11)12)16-20-32(36)31-19-15-26(38(4,5)6)22-34(31)41-33(29)21-25/h13-24,41-42H,1-12H3. The smallest absolute Gasteiger partial charge is 0.0706 e. The summed E-state index contributed by atoms with van der Waals surface area (Å²) in [6.07, 6.45) is 0. The lowest BCUT2D eigenvalue weighted by Gasteiger charge is -2.28. The largest absolute Gasteiger partial charge is 0.193 e. The van der Waals surface area contributed by atoms with E-state index in [2.05, 4.69) is 156 Å². The number of fused-ring (bicyclic) bond motifs is 6. The van der Waals surface area contributed by atoms with Gasteiger partial charge < -0.3 is 0 Å². The SMILES string of the molecule is CC(C)(C)c1ccc2c(c1)Bc1cc(C(C)(C)C)ccc1-c1ccc(C(C)(C)C)cc1Bc1cc(C(C)(C)C)ccc1-2. The van der Waals surface area contributed by atoms with Crippen LogP contribution in [0, 0.1) is 0 Å². The molecule has 0 aromatic heterocycles. The Kier molecular flexibility index (Phi) is 7.49. The van der Waals surface area contributed by atoms with Crippen LogP contribution < -0.4 is 21.9 Å². The average molecular weight is 552 g/mol. The van der Waals surface area contributed by atoms with Crippen LogP contribution in [0.15, 0.2) is 72.8 Å². The summed E-state index contributed by atoms with van der Waals surface area (Å²) in [5.74, 6) is 0. The third-order valence-electron chi connectivity index (χ3n) is 9.23. The lowest BCUT2D eigenvalue weighted by molar-refractivity contribution is 0.590. The summed E-state index contributed by atoms with van der Waals surface area (Å²) in [5.41, 5.74) is 17.2. The molecule has 1 heterocycles. The monoisotopic (exact) mass is 552 g/mol. The molecule has 0 N–H and O–H groups in total. The lowest BCUT2D eigenvalue weighted by atomic mass is 9.53. The predicted molar refractivity (Wildman–Crippen MR) is 191 cm³/mol. The molecule has 4 aromatic carbocycles. The van der Waals surface area contributed by atoms with Crippen molar-refractivity contribution < 1.29 is 0 Å². The highest BCUT2D eigenvalue weighted by molar-refractivity contribution is 6.74. The molecule has 0 bridgehead atoms. The number of rotatable bonds is 0. The maximum Gasteiger partial charge on any atom is 0.193 e. The van der Waals surface area contributed by atoms with E-state index in [-0.39, 0.29) is 21.7 Å². The Balaban J connectivity index is 1.87. The van der Waals surface area contributed by atoms with Gasteiger partial charge in [0.05, 0.1) is 0 Å². The van der Waals surface area contributed by atoms with Gasteiger partial charge in [0, 0.05) is 0 Å². The molecule has 216 valence electrons. The fraction of sp³-hybridized carbons (Fsp3) is 0.400. The lowest BCUT2D eigenvalue weighted by Crippen LogP contribution is -2.39. The van der Waals surface area contributed by atoms with E-state index in [0.717, 1.165) is 14.6 Å². The van der Waals surface area contributed by atoms with Crippen molar-refractivity contribution in [3.05, 3.63) is 95.1 Å². The van der Waals surface area contributed by atoms with Crippen molar-refractivity contribution in [2.75, 3.05) is 0 Å². The average Bonchev–Trinajstić information content (AvgIpc) is 2.86. The molecular weight excluding hydrogens is 502 g/mol. The van der Waals surface area contributed by atoms with Gasteiger partial charge in [-0.2, -0.15) is 0 Å². The maximum absolute atomic E-state index is 2.50. The van der Waals surface area contributed by atoms with Gasteiger partial charge in [-0.1, -0.05) is 178 Å². The van der Waals surface area contributed by atoms with E-state index in [0.29, 0.717) is 0 Å². The van der Waals surface area contributed by atoms with Gasteiger partial charge in [0.25, 0.3) is 0 Å². The minimum absolute atomic E-state index is 0.0926. The van der Waals surface area contributed by atoms with Crippen molar-refractivity contribution in [1.29, 1.82) is 0 Å². The first-order valence-corrected chi connectivity index (χ1v) is 15.9. The molecule has 0 fully saturated rings. The van der Waals surface area contributed by atoms with Crippen molar-refractivity contribution in [3.8, 4) is 22.3 Å². The van der Waals surface area contributed by atoms with Crippen molar-refractivity contribution in [2.45, 2.75) is 105 Å². The Morgan fingerprint density at radius 1 is 0.310 bits per heavy atom. The molecule has 2 heteroatoms. The van der Waals surface area contributed by atoms with Crippen LogP contribution in [0.5, 0.6) is 0 Å². The second-order valence-corrected chi connectivity index (χ2v) is 16.8. The van der Waals surface area contributed by atoms with Crippen LogP contribution in [0.1, 0.15) is 105 Å². The van der Waals surface area contributed by atoms with Gasteiger partial charge in [-0.15, -0.1) is 0 Å². The van der Waals surface area contributed by atoms with E-state index in [1.165, 1.54) is 66.4 Å². The third-order valence-corrected chi connectivity index (χ3v) is 9.23. The van der Waals surface area contributed by atoms with Crippen LogP contribution in [-0.2, 0) is 21.7 Å². The van der Waals surface area contributed by atoms with E-state index >= 15 is 0 Å². The van der Waals surface area contributed by atoms with Gasteiger partial charge in [-0.3, -0.25) is 0 Å². The second-order valence-electron chi connectivity index (χ2n) is 16.8. The summed E-state index contributed by atoms with van der Waals surface area (Å²) in [5, 5.41) is 0. The summed E-state index contributed by atoms with van der Waals surface area (Å²) in [6, 6.07) is 29.1. The Bertz CT molecular complexity index is 1400. The molecule has 0 spiro atoms. The first-order chi connectivity index (χ1) is 19.3. The Morgan fingerprint density at radius 2 is 0.500 bits per heavy atom. The van der Waals surface area contributed by atoms with Crippen molar-refractivity contribution >= 4 is 36.4 Å². The van der Waals surface area contributed by atoms with Crippen molar-refractivity contribution in [3.63, 3.8) is 0 Å². The summed E-state index contributed by atoms with van der Waals surface area (Å²) in [6.45, 7) is 27.9. The van der Waals surface area contributed by atoms with Crippen LogP contribution in [0.2, 0.25) is 0 Å². The van der Waals surface area contributed by atoms with Gasteiger partial charge in [0.1, 0.15) is 0 Å². The summed E-state index contributed by atoms with van der Waals surface area (Å²) < 4.78 is 0. The fourth-order valence-corrected chi connectivity index (χ4v) is 6.29. The van der Waals surface area contributed by atoms with E-state index in [9.17, 15) is 0 Å². The van der Waals surface area contributed by atoms with Crippen molar-refractivity contribution in [1.82, 2.24) is 0 Å². The molecule has 0 radical (unpaired) electrons. The zero-order valence-corrected chi connectivity index (χ0v) is 28.3. The van der Waals surface area contributed by atoms with E-state index < -0.39 is 0 Å². The molecule has 42 heavy (non-hydrogen) atoms. The molecule has 0 unspecified atom stereocenters. The van der Waals surface area contributed by atoms with Gasteiger partial charge >= 0.3 is 0 Å². The van der Waals surface area contributed by atoms with Crippen LogP contribution >= 0.6 is 0 Å². The Labute approximate surface area is 257 Å². The quantitative estimate of drug-likeness (QED) is 0.177. The van der Waals surface area contributed by atoms with Gasteiger partial charge in [-0.25, -0.2) is 0 Å². The number of benzene rings is 4. The first kappa shape index (κ1) is 30.5. The third kappa shape index (κ3) is 6.06. The van der Waals surface area contributed by atoms with Gasteiger partial charge in [0.2, 0.25) is 0 Å². The van der Waals surface area contributed by atoms with Crippen LogP contribution in [0.4, 0.5) is 0 Å². The molecule has 0 atom stereocenters. The highest BCUT2D eigenvalue weighted by Crippen LogP contribution is 2.31. The molecule has 0 aliphatic carbocycles. The molecule has 0 nitrogen and oxygen atoms in total. The minimum Gasteiger partial charge on any atom is -0.0706 e. The van der Waals surface area contributed by atoms with Crippen LogP contribution in [0.25, 0.3) is 22.3 Å². The van der Waals surface area contributed by atoms with Crippen molar-refractivity contribution in [2.24, 2.45) is 0 Å². The molecule has 0 saturated heterocycles. The molecule has 5 rings (SSSR count). The van der Waals surface area contributed by atoms with Gasteiger partial charge in [0.15, 0.2) is 14.6 Å². The highest BCUT2D eigenvalue weighted by Gasteiger charge is 2.26.